The van der Waals surface area contributed by atoms with Crippen molar-refractivity contribution in [1.29, 1.82) is 0 Å². The molecule has 4 nitrogen and oxygen atoms in total. The van der Waals surface area contributed by atoms with Gasteiger partial charge < -0.3 is 10.6 Å². The number of thioether (sulfide) groups is 1. The molecule has 114 valence electrons. The van der Waals surface area contributed by atoms with Gasteiger partial charge in [0.2, 0.25) is 5.91 Å². The highest BCUT2D eigenvalue weighted by Crippen LogP contribution is 2.10. The maximum absolute atomic E-state index is 11.7. The normalized spacial score (nSPS) is 17.5. The highest BCUT2D eigenvalue weighted by atomic mass is 35.5. The molecule has 2 rings (SSSR count). The van der Waals surface area contributed by atoms with Crippen LogP contribution in [0, 0.1) is 0 Å². The zero-order valence-electron chi connectivity index (χ0n) is 11.2. The highest BCUT2D eigenvalue weighted by molar-refractivity contribution is 7.99. The molecule has 0 radical (unpaired) electrons. The second-order valence-electron chi connectivity index (χ2n) is 4.46. The first-order valence-corrected chi connectivity index (χ1v) is 7.47. The number of carbonyl (C=O) groups is 1. The predicted molar refractivity (Wildman–Crippen MR) is 88.9 cm³/mol. The third-order valence-corrected chi connectivity index (χ3v) is 3.89. The summed E-state index contributed by atoms with van der Waals surface area (Å²) in [6.45, 7) is 1.97. The minimum atomic E-state index is 0. The van der Waals surface area contributed by atoms with Crippen molar-refractivity contribution in [3.63, 3.8) is 0 Å². The summed E-state index contributed by atoms with van der Waals surface area (Å²) in [4.78, 5) is 15.8. The molecule has 0 unspecified atom stereocenters. The van der Waals surface area contributed by atoms with Crippen molar-refractivity contribution in [2.45, 2.75) is 24.6 Å². The zero-order valence-corrected chi connectivity index (χ0v) is 13.7. The average molecular weight is 338 g/mol. The van der Waals surface area contributed by atoms with Crippen LogP contribution < -0.4 is 10.6 Å². The van der Waals surface area contributed by atoms with Gasteiger partial charge in [-0.3, -0.25) is 9.78 Å². The van der Waals surface area contributed by atoms with Crippen LogP contribution >= 0.6 is 36.6 Å². The fraction of sp³-hybridized carbons (Fsp3) is 0.538. The molecule has 7 heteroatoms. The van der Waals surface area contributed by atoms with Crippen LogP contribution in [0.1, 0.15) is 18.4 Å². The number of hydrogen-bond acceptors (Lipinski definition) is 4. The number of nitrogens with one attached hydrogen (secondary N) is 2. The standard InChI is InChI=1S/C13H19N3OS.2ClH/c17-13(16-12-4-2-6-15-8-12)10-18-9-11-3-1-5-14-7-11;;/h1,3,5,7,12,15H,2,4,6,8-10H2,(H,16,17);2*1H/t12-;;/m0../s1. The summed E-state index contributed by atoms with van der Waals surface area (Å²) in [5, 5.41) is 6.36. The summed E-state index contributed by atoms with van der Waals surface area (Å²) in [7, 11) is 0. The topological polar surface area (TPSA) is 54.0 Å². The molecule has 0 aliphatic carbocycles. The molecule has 1 aliphatic heterocycles. The summed E-state index contributed by atoms with van der Waals surface area (Å²) in [6.07, 6.45) is 5.84. The van der Waals surface area contributed by atoms with E-state index in [-0.39, 0.29) is 30.7 Å². The molecule has 2 heterocycles. The monoisotopic (exact) mass is 337 g/mol. The molecule has 1 aromatic rings. The van der Waals surface area contributed by atoms with Crippen LogP contribution in [-0.4, -0.2) is 35.8 Å². The van der Waals surface area contributed by atoms with E-state index in [0.717, 1.165) is 37.2 Å². The lowest BCUT2D eigenvalue weighted by Crippen LogP contribution is -2.46. The number of amides is 1. The second kappa shape index (κ2) is 11.2. The Labute approximate surface area is 136 Å². The van der Waals surface area contributed by atoms with Gasteiger partial charge in [0.1, 0.15) is 0 Å². The highest BCUT2D eigenvalue weighted by Gasteiger charge is 2.14. The summed E-state index contributed by atoms with van der Waals surface area (Å²) < 4.78 is 0. The van der Waals surface area contributed by atoms with Gasteiger partial charge in [-0.1, -0.05) is 6.07 Å². The fourth-order valence-corrected chi connectivity index (χ4v) is 2.77. The van der Waals surface area contributed by atoms with Crippen molar-refractivity contribution < 1.29 is 4.79 Å². The van der Waals surface area contributed by atoms with Crippen LogP contribution in [0.3, 0.4) is 0 Å². The van der Waals surface area contributed by atoms with Crippen LogP contribution in [0.25, 0.3) is 0 Å². The second-order valence-corrected chi connectivity index (χ2v) is 5.45. The molecule has 0 spiro atoms. The molecule has 20 heavy (non-hydrogen) atoms. The number of nitrogens with zero attached hydrogens (tertiary/aromatic N) is 1. The van der Waals surface area contributed by atoms with E-state index in [2.05, 4.69) is 15.6 Å². The lowest BCUT2D eigenvalue weighted by Gasteiger charge is -2.23. The van der Waals surface area contributed by atoms with Crippen molar-refractivity contribution in [3.05, 3.63) is 30.1 Å². The van der Waals surface area contributed by atoms with Gasteiger partial charge in [-0.2, -0.15) is 0 Å². The molecule has 1 fully saturated rings. The van der Waals surface area contributed by atoms with Crippen LogP contribution in [0.4, 0.5) is 0 Å². The molecule has 1 atom stereocenters. The molecular weight excluding hydrogens is 317 g/mol. The van der Waals surface area contributed by atoms with Gasteiger partial charge in [-0.05, 0) is 31.0 Å². The SMILES string of the molecule is Cl.Cl.O=C(CSCc1cccnc1)N[C@H]1CCCNC1. The van der Waals surface area contributed by atoms with E-state index in [9.17, 15) is 4.79 Å². The Kier molecular flexibility index (Phi) is 10.9. The Morgan fingerprint density at radius 1 is 1.50 bits per heavy atom. The third-order valence-electron chi connectivity index (χ3n) is 2.89. The van der Waals surface area contributed by atoms with Crippen molar-refractivity contribution >= 4 is 42.5 Å². The van der Waals surface area contributed by atoms with Crippen molar-refractivity contribution in [2.75, 3.05) is 18.8 Å². The molecule has 0 aromatic carbocycles. The molecule has 1 amide bonds. The van der Waals surface area contributed by atoms with Crippen LogP contribution in [0.5, 0.6) is 0 Å². The van der Waals surface area contributed by atoms with E-state index in [1.165, 1.54) is 0 Å². The van der Waals surface area contributed by atoms with E-state index in [0.29, 0.717) is 11.8 Å². The van der Waals surface area contributed by atoms with E-state index in [4.69, 9.17) is 0 Å². The Morgan fingerprint density at radius 2 is 2.35 bits per heavy atom. The largest absolute Gasteiger partial charge is 0.351 e. The minimum Gasteiger partial charge on any atom is -0.351 e. The zero-order chi connectivity index (χ0) is 12.6. The quantitative estimate of drug-likeness (QED) is 0.863. The number of halogens is 2. The lowest BCUT2D eigenvalue weighted by molar-refractivity contribution is -0.119. The van der Waals surface area contributed by atoms with Crippen molar-refractivity contribution in [2.24, 2.45) is 0 Å². The first kappa shape index (κ1) is 19.5. The van der Waals surface area contributed by atoms with Crippen LogP contribution in [0.15, 0.2) is 24.5 Å². The first-order valence-electron chi connectivity index (χ1n) is 6.31. The Balaban J connectivity index is 0.00000180. The Bertz CT molecular complexity index is 375. The van der Waals surface area contributed by atoms with E-state index >= 15 is 0 Å². The molecule has 2 N–H and O–H groups in total. The summed E-state index contributed by atoms with van der Waals surface area (Å²) in [5.74, 6) is 1.49. The number of rotatable bonds is 5. The Hall–Kier alpha value is -0.490. The molecule has 1 aromatic heterocycles. The van der Waals surface area contributed by atoms with Crippen molar-refractivity contribution in [1.82, 2.24) is 15.6 Å². The van der Waals surface area contributed by atoms with Gasteiger partial charge in [0.15, 0.2) is 0 Å². The average Bonchev–Trinajstić information content (AvgIpc) is 2.41. The maximum Gasteiger partial charge on any atom is 0.230 e. The number of carbonyl (C=O) groups excluding carboxylic acids is 1. The molecule has 0 saturated carbocycles. The van der Waals surface area contributed by atoms with Gasteiger partial charge in [-0.15, -0.1) is 36.6 Å². The number of aromatic nitrogens is 1. The van der Waals surface area contributed by atoms with Gasteiger partial charge >= 0.3 is 0 Å². The van der Waals surface area contributed by atoms with E-state index < -0.39 is 0 Å². The number of hydrogen-bond donors (Lipinski definition) is 2. The van der Waals surface area contributed by atoms with E-state index in [1.54, 1.807) is 18.0 Å². The smallest absolute Gasteiger partial charge is 0.230 e. The summed E-state index contributed by atoms with van der Waals surface area (Å²) >= 11 is 1.63. The molecule has 1 aliphatic rings. The summed E-state index contributed by atoms with van der Waals surface area (Å²) in [5.41, 5.74) is 1.16. The predicted octanol–water partition coefficient (Wildman–Crippen LogP) is 2.03. The van der Waals surface area contributed by atoms with Crippen LogP contribution in [0.2, 0.25) is 0 Å². The lowest BCUT2D eigenvalue weighted by atomic mass is 10.1. The summed E-state index contributed by atoms with van der Waals surface area (Å²) in [6, 6.07) is 4.26. The van der Waals surface area contributed by atoms with E-state index in [1.807, 2.05) is 18.3 Å². The molecule has 0 bridgehead atoms. The van der Waals surface area contributed by atoms with Gasteiger partial charge in [-0.25, -0.2) is 0 Å². The molecular formula is C13H21Cl2N3OS. The number of pyridine rings is 1. The minimum absolute atomic E-state index is 0. The third kappa shape index (κ3) is 7.33. The van der Waals surface area contributed by atoms with Gasteiger partial charge in [0.25, 0.3) is 0 Å². The van der Waals surface area contributed by atoms with Crippen LogP contribution in [-0.2, 0) is 10.5 Å². The maximum atomic E-state index is 11.7. The fourth-order valence-electron chi connectivity index (χ4n) is 1.99. The molecule has 1 saturated heterocycles. The van der Waals surface area contributed by atoms with Gasteiger partial charge in [0, 0.05) is 30.7 Å². The Morgan fingerprint density at radius 3 is 3.00 bits per heavy atom. The van der Waals surface area contributed by atoms with Crippen molar-refractivity contribution in [3.8, 4) is 0 Å². The first-order chi connectivity index (χ1) is 8.84. The number of piperidine rings is 1. The van der Waals surface area contributed by atoms with Gasteiger partial charge in [0.05, 0.1) is 5.75 Å².